The molecule has 128 valence electrons. The number of hydrogen-bond donors (Lipinski definition) is 0. The van der Waals surface area contributed by atoms with Crippen LogP contribution in [0.1, 0.15) is 31.1 Å². The molecule has 0 saturated heterocycles. The lowest BCUT2D eigenvalue weighted by Gasteiger charge is -2.11. The molecule has 2 heterocycles. The molecule has 2 amide bonds. The molecule has 4 rings (SSSR count). The van der Waals surface area contributed by atoms with E-state index in [0.717, 1.165) is 0 Å². The first-order valence-electron chi connectivity index (χ1n) is 7.55. The number of benzene rings is 2. The maximum Gasteiger partial charge on any atom is 0.367 e. The zero-order chi connectivity index (χ0) is 18.3. The number of imide groups is 1. The molecule has 8 heteroatoms. The van der Waals surface area contributed by atoms with Crippen molar-refractivity contribution >= 4 is 29.4 Å². The molecular formula is C18H10ClN3O4. The lowest BCUT2D eigenvalue weighted by atomic mass is 10.1. The van der Waals surface area contributed by atoms with Crippen molar-refractivity contribution in [3.8, 4) is 5.69 Å². The first kappa shape index (κ1) is 16.0. The summed E-state index contributed by atoms with van der Waals surface area (Å²) in [7, 11) is 0. The first-order chi connectivity index (χ1) is 12.5. The van der Waals surface area contributed by atoms with Gasteiger partial charge in [0, 0.05) is 11.2 Å². The largest absolute Gasteiger partial charge is 0.367 e. The second kappa shape index (κ2) is 6.12. The normalized spacial score (nSPS) is 13.0. The van der Waals surface area contributed by atoms with Gasteiger partial charge in [0.05, 0.1) is 23.0 Å². The van der Waals surface area contributed by atoms with Crippen molar-refractivity contribution in [3.05, 3.63) is 82.6 Å². The Balaban J connectivity index is 1.55. The van der Waals surface area contributed by atoms with Crippen molar-refractivity contribution in [2.75, 3.05) is 0 Å². The number of carbonyl (C=O) groups is 3. The lowest BCUT2D eigenvalue weighted by Crippen LogP contribution is -2.32. The Morgan fingerprint density at radius 3 is 2.35 bits per heavy atom. The zero-order valence-electron chi connectivity index (χ0n) is 13.1. The minimum atomic E-state index is -0.868. The fourth-order valence-corrected chi connectivity index (χ4v) is 2.76. The summed E-state index contributed by atoms with van der Waals surface area (Å²) in [5, 5.41) is 5.05. The molecule has 1 aliphatic rings. The van der Waals surface area contributed by atoms with Crippen molar-refractivity contribution in [2.45, 2.75) is 0 Å². The number of nitrogens with zero attached hydrogens (tertiary/aromatic N) is 3. The smallest absolute Gasteiger partial charge is 0.324 e. The molecule has 0 unspecified atom stereocenters. The molecule has 0 saturated carbocycles. The topological polar surface area (TPSA) is 81.5 Å². The average molecular weight is 368 g/mol. The summed E-state index contributed by atoms with van der Waals surface area (Å²) < 4.78 is 1.44. The molecule has 1 aromatic heterocycles. The Bertz CT molecular complexity index is 1020. The average Bonchev–Trinajstić information content (AvgIpc) is 3.22. The maximum atomic E-state index is 12.3. The van der Waals surface area contributed by atoms with Gasteiger partial charge in [0.15, 0.2) is 0 Å². The van der Waals surface area contributed by atoms with Gasteiger partial charge in [0.1, 0.15) is 5.56 Å². The van der Waals surface area contributed by atoms with Gasteiger partial charge < -0.3 is 4.84 Å². The van der Waals surface area contributed by atoms with E-state index in [1.54, 1.807) is 36.4 Å². The maximum absolute atomic E-state index is 12.3. The molecule has 0 N–H and O–H groups in total. The molecule has 1 aliphatic heterocycles. The summed E-state index contributed by atoms with van der Waals surface area (Å²) in [6.07, 6.45) is 2.70. The van der Waals surface area contributed by atoms with E-state index in [2.05, 4.69) is 5.10 Å². The second-order valence-electron chi connectivity index (χ2n) is 5.48. The Hall–Kier alpha value is -3.45. The van der Waals surface area contributed by atoms with Crippen molar-refractivity contribution in [1.29, 1.82) is 0 Å². The molecule has 0 aliphatic carbocycles. The van der Waals surface area contributed by atoms with Crippen LogP contribution in [0.5, 0.6) is 0 Å². The summed E-state index contributed by atoms with van der Waals surface area (Å²) in [6, 6.07) is 13.2. The van der Waals surface area contributed by atoms with Gasteiger partial charge in [-0.15, -0.1) is 0 Å². The molecule has 3 aromatic rings. The van der Waals surface area contributed by atoms with E-state index in [1.165, 1.54) is 29.2 Å². The summed E-state index contributed by atoms with van der Waals surface area (Å²) in [6.45, 7) is 0. The molecule has 2 aromatic carbocycles. The van der Waals surface area contributed by atoms with E-state index >= 15 is 0 Å². The second-order valence-corrected chi connectivity index (χ2v) is 5.92. The Labute approximate surface area is 152 Å². The first-order valence-corrected chi connectivity index (χ1v) is 7.93. The van der Waals surface area contributed by atoms with Gasteiger partial charge in [-0.3, -0.25) is 9.59 Å². The molecule has 0 radical (unpaired) electrons. The highest BCUT2D eigenvalue weighted by molar-refractivity contribution is 6.30. The van der Waals surface area contributed by atoms with Crippen LogP contribution in [0.2, 0.25) is 5.02 Å². The number of hydroxylamine groups is 2. The fourth-order valence-electron chi connectivity index (χ4n) is 2.57. The van der Waals surface area contributed by atoms with Gasteiger partial charge >= 0.3 is 5.97 Å². The number of carbonyl (C=O) groups excluding carboxylic acids is 3. The summed E-state index contributed by atoms with van der Waals surface area (Å²) >= 11 is 5.94. The van der Waals surface area contributed by atoms with Crippen LogP contribution in [0.4, 0.5) is 0 Å². The van der Waals surface area contributed by atoms with Crippen LogP contribution in [0.25, 0.3) is 5.69 Å². The van der Waals surface area contributed by atoms with Gasteiger partial charge in [-0.1, -0.05) is 34.9 Å². The molecule has 0 atom stereocenters. The molecule has 26 heavy (non-hydrogen) atoms. The van der Waals surface area contributed by atoms with Gasteiger partial charge in [-0.2, -0.15) is 5.10 Å². The van der Waals surface area contributed by atoms with Crippen molar-refractivity contribution in [1.82, 2.24) is 14.8 Å². The number of amides is 2. The number of aromatic nitrogens is 2. The minimum absolute atomic E-state index is 0.0848. The zero-order valence-corrected chi connectivity index (χ0v) is 13.9. The van der Waals surface area contributed by atoms with Crippen LogP contribution in [0, 0.1) is 0 Å². The highest BCUT2D eigenvalue weighted by atomic mass is 35.5. The standard InChI is InChI=1S/C18H10ClN3O4/c19-12-4-3-5-13(8-12)21-10-11(9-20-21)18(25)26-22-16(23)14-6-1-2-7-15(14)17(22)24/h1-10H. The van der Waals surface area contributed by atoms with Crippen LogP contribution in [-0.4, -0.2) is 32.6 Å². The van der Waals surface area contributed by atoms with E-state index in [4.69, 9.17) is 16.4 Å². The van der Waals surface area contributed by atoms with E-state index in [1.807, 2.05) is 0 Å². The van der Waals surface area contributed by atoms with Gasteiger partial charge in [0.2, 0.25) is 0 Å². The third-order valence-electron chi connectivity index (χ3n) is 3.82. The molecule has 0 fully saturated rings. The summed E-state index contributed by atoms with van der Waals surface area (Å²) in [5.41, 5.74) is 1.12. The van der Waals surface area contributed by atoms with Gasteiger partial charge in [0.25, 0.3) is 11.8 Å². The molecule has 7 nitrogen and oxygen atoms in total. The highest BCUT2D eigenvalue weighted by Gasteiger charge is 2.38. The predicted molar refractivity (Wildman–Crippen MR) is 90.9 cm³/mol. The van der Waals surface area contributed by atoms with Gasteiger partial charge in [-0.05, 0) is 30.3 Å². The quantitative estimate of drug-likeness (QED) is 0.665. The van der Waals surface area contributed by atoms with Crippen LogP contribution in [0.15, 0.2) is 60.9 Å². The number of halogens is 1. The van der Waals surface area contributed by atoms with E-state index in [0.29, 0.717) is 15.8 Å². The monoisotopic (exact) mass is 367 g/mol. The van der Waals surface area contributed by atoms with Gasteiger partial charge in [-0.25, -0.2) is 9.48 Å². The van der Waals surface area contributed by atoms with E-state index < -0.39 is 17.8 Å². The van der Waals surface area contributed by atoms with Crippen LogP contribution in [0.3, 0.4) is 0 Å². The van der Waals surface area contributed by atoms with Crippen molar-refractivity contribution in [3.63, 3.8) is 0 Å². The Morgan fingerprint density at radius 2 is 1.69 bits per heavy atom. The summed E-state index contributed by atoms with van der Waals surface area (Å²) in [5.74, 6) is -2.23. The molecule has 0 bridgehead atoms. The van der Waals surface area contributed by atoms with Crippen LogP contribution >= 0.6 is 11.6 Å². The van der Waals surface area contributed by atoms with Crippen molar-refractivity contribution in [2.24, 2.45) is 0 Å². The Morgan fingerprint density at radius 1 is 1.00 bits per heavy atom. The summed E-state index contributed by atoms with van der Waals surface area (Å²) in [4.78, 5) is 41.8. The Kier molecular flexibility index (Phi) is 3.78. The number of hydrogen-bond acceptors (Lipinski definition) is 5. The number of fused-ring (bicyclic) bond motifs is 1. The van der Waals surface area contributed by atoms with E-state index in [9.17, 15) is 14.4 Å². The van der Waals surface area contributed by atoms with Crippen molar-refractivity contribution < 1.29 is 19.2 Å². The SMILES string of the molecule is O=C(ON1C(=O)c2ccccc2C1=O)c1cnn(-c2cccc(Cl)c2)c1. The van der Waals surface area contributed by atoms with Crippen LogP contribution < -0.4 is 0 Å². The highest BCUT2D eigenvalue weighted by Crippen LogP contribution is 2.23. The third-order valence-corrected chi connectivity index (χ3v) is 4.06. The van der Waals surface area contributed by atoms with E-state index in [-0.39, 0.29) is 16.7 Å². The van der Waals surface area contributed by atoms with Crippen LogP contribution in [-0.2, 0) is 4.84 Å². The number of rotatable bonds is 3. The lowest BCUT2D eigenvalue weighted by molar-refractivity contribution is -0.0584. The predicted octanol–water partition coefficient (Wildman–Crippen LogP) is 2.89. The third kappa shape index (κ3) is 2.64. The minimum Gasteiger partial charge on any atom is -0.324 e. The molecular weight excluding hydrogens is 358 g/mol. The molecule has 0 spiro atoms. The fraction of sp³-hybridized carbons (Fsp3) is 0.